The Balaban J connectivity index is 2.08. The highest BCUT2D eigenvalue weighted by Crippen LogP contribution is 2.33. The largest absolute Gasteiger partial charge is 0.411 e. The number of hydrogen-bond acceptors (Lipinski definition) is 6. The lowest BCUT2D eigenvalue weighted by Gasteiger charge is -2.21. The van der Waals surface area contributed by atoms with Gasteiger partial charge in [-0.1, -0.05) is 35.0 Å². The van der Waals surface area contributed by atoms with Crippen LogP contribution in [0.5, 0.6) is 0 Å². The zero-order valence-electron chi connectivity index (χ0n) is 18.6. The molecule has 10 heteroatoms. The van der Waals surface area contributed by atoms with Gasteiger partial charge in [0, 0.05) is 41.4 Å². The van der Waals surface area contributed by atoms with Crippen LogP contribution in [0.2, 0.25) is 5.02 Å². The van der Waals surface area contributed by atoms with Gasteiger partial charge in [0.25, 0.3) is 5.56 Å². The number of aryl methyl sites for hydroxylation is 1. The quantitative estimate of drug-likeness (QED) is 0.278. The van der Waals surface area contributed by atoms with Crippen LogP contribution in [0.1, 0.15) is 34.6 Å². The molecule has 1 aromatic heterocycles. The molecule has 0 radical (unpaired) electrons. The predicted octanol–water partition coefficient (Wildman–Crippen LogP) is 3.10. The van der Waals surface area contributed by atoms with Gasteiger partial charge in [0.15, 0.2) is 9.84 Å². The molecule has 1 amide bonds. The molecule has 3 N–H and O–H groups in total. The van der Waals surface area contributed by atoms with Crippen molar-refractivity contribution in [3.8, 4) is 0 Å². The number of halogens is 1. The van der Waals surface area contributed by atoms with Gasteiger partial charge in [-0.05, 0) is 53.9 Å². The van der Waals surface area contributed by atoms with Crippen molar-refractivity contribution in [2.75, 3.05) is 6.26 Å². The SMILES string of the molecule is Cc1cc(Cl)ccc1C(C/C(=N/O)c1ccc(=O)n(CC(N)=O)c1)c1ccc(S(C)(=O)=O)cc1. The van der Waals surface area contributed by atoms with Crippen molar-refractivity contribution in [3.63, 3.8) is 0 Å². The van der Waals surface area contributed by atoms with Crippen LogP contribution in [0.25, 0.3) is 0 Å². The lowest BCUT2D eigenvalue weighted by atomic mass is 9.83. The van der Waals surface area contributed by atoms with E-state index in [0.717, 1.165) is 27.5 Å². The Morgan fingerprint density at radius 3 is 2.38 bits per heavy atom. The van der Waals surface area contributed by atoms with Crippen molar-refractivity contribution in [2.45, 2.75) is 30.7 Å². The van der Waals surface area contributed by atoms with Crippen LogP contribution in [0.15, 0.2) is 75.6 Å². The monoisotopic (exact) mass is 501 g/mol. The van der Waals surface area contributed by atoms with Gasteiger partial charge in [0.1, 0.15) is 6.54 Å². The molecule has 34 heavy (non-hydrogen) atoms. The number of oxime groups is 1. The van der Waals surface area contributed by atoms with Gasteiger partial charge in [0.05, 0.1) is 10.6 Å². The number of rotatable bonds is 8. The van der Waals surface area contributed by atoms with Gasteiger partial charge in [0.2, 0.25) is 5.91 Å². The Bertz CT molecular complexity index is 1410. The molecule has 0 saturated carbocycles. The molecule has 1 unspecified atom stereocenters. The number of amides is 1. The minimum absolute atomic E-state index is 0.192. The molecule has 0 bridgehead atoms. The summed E-state index contributed by atoms with van der Waals surface area (Å²) in [5, 5.41) is 13.9. The summed E-state index contributed by atoms with van der Waals surface area (Å²) in [6.07, 6.45) is 2.77. The van der Waals surface area contributed by atoms with Crippen LogP contribution in [0, 0.1) is 6.92 Å². The van der Waals surface area contributed by atoms with Crippen molar-refractivity contribution in [1.82, 2.24) is 4.57 Å². The third-order valence-corrected chi connectivity index (χ3v) is 6.84. The van der Waals surface area contributed by atoms with E-state index in [1.54, 1.807) is 18.2 Å². The summed E-state index contributed by atoms with van der Waals surface area (Å²) >= 11 is 6.14. The van der Waals surface area contributed by atoms with Crippen LogP contribution in [-0.2, 0) is 21.2 Å². The lowest BCUT2D eigenvalue weighted by Crippen LogP contribution is -2.28. The average molecular weight is 502 g/mol. The lowest BCUT2D eigenvalue weighted by molar-refractivity contribution is -0.118. The molecule has 1 atom stereocenters. The molecule has 0 spiro atoms. The molecule has 0 aliphatic rings. The summed E-state index contributed by atoms with van der Waals surface area (Å²) in [7, 11) is -3.36. The van der Waals surface area contributed by atoms with E-state index in [2.05, 4.69) is 5.16 Å². The zero-order valence-corrected chi connectivity index (χ0v) is 20.2. The van der Waals surface area contributed by atoms with Crippen LogP contribution in [0.3, 0.4) is 0 Å². The number of carbonyl (C=O) groups is 1. The van der Waals surface area contributed by atoms with Crippen LogP contribution >= 0.6 is 11.6 Å². The first-order chi connectivity index (χ1) is 16.0. The van der Waals surface area contributed by atoms with Crippen LogP contribution in [-0.4, -0.2) is 36.1 Å². The van der Waals surface area contributed by atoms with Gasteiger partial charge >= 0.3 is 0 Å². The molecule has 0 aliphatic heterocycles. The standard InChI is InChI=1S/C24H24ClN3O5S/c1-15-11-18(25)6-9-20(15)21(16-3-7-19(8-4-16)34(2,32)33)12-22(27-31)17-5-10-24(30)28(13-17)14-23(26)29/h3-11,13,21,31H,12,14H2,1-2H3,(H2,26,29)/b27-22-. The van der Waals surface area contributed by atoms with Crippen molar-refractivity contribution >= 4 is 33.1 Å². The first kappa shape index (κ1) is 25.2. The molecule has 0 fully saturated rings. The fourth-order valence-electron chi connectivity index (χ4n) is 3.79. The van der Waals surface area contributed by atoms with E-state index in [9.17, 15) is 23.2 Å². The maximum Gasteiger partial charge on any atom is 0.251 e. The molecule has 8 nitrogen and oxygen atoms in total. The Hall–Kier alpha value is -3.43. The first-order valence-corrected chi connectivity index (χ1v) is 12.5. The molecule has 0 aliphatic carbocycles. The van der Waals surface area contributed by atoms with E-state index < -0.39 is 21.3 Å². The maximum atomic E-state index is 12.1. The number of nitrogens with zero attached hydrogens (tertiary/aromatic N) is 2. The smallest absolute Gasteiger partial charge is 0.251 e. The highest BCUT2D eigenvalue weighted by Gasteiger charge is 2.22. The van der Waals surface area contributed by atoms with Crippen molar-refractivity contribution in [3.05, 3.63) is 98.4 Å². The zero-order chi connectivity index (χ0) is 25.0. The molecular weight excluding hydrogens is 478 g/mol. The number of primary amides is 1. The normalized spacial score (nSPS) is 13.0. The van der Waals surface area contributed by atoms with Crippen molar-refractivity contribution < 1.29 is 18.4 Å². The third-order valence-electron chi connectivity index (χ3n) is 5.48. The molecule has 0 saturated heterocycles. The average Bonchev–Trinajstić information content (AvgIpc) is 2.76. The number of aromatic nitrogens is 1. The highest BCUT2D eigenvalue weighted by molar-refractivity contribution is 7.90. The minimum Gasteiger partial charge on any atom is -0.411 e. The van der Waals surface area contributed by atoms with Crippen LogP contribution < -0.4 is 11.3 Å². The summed E-state index contributed by atoms with van der Waals surface area (Å²) in [5.74, 6) is -1.00. The van der Waals surface area contributed by atoms with Gasteiger partial charge in [-0.2, -0.15) is 0 Å². The summed E-state index contributed by atoms with van der Waals surface area (Å²) < 4.78 is 24.9. The Labute approximate surface area is 202 Å². The number of nitrogens with two attached hydrogens (primary N) is 1. The van der Waals surface area contributed by atoms with Crippen molar-refractivity contribution in [1.29, 1.82) is 0 Å². The third kappa shape index (κ3) is 5.92. The van der Waals surface area contributed by atoms with E-state index in [0.29, 0.717) is 10.6 Å². The molecule has 2 aromatic carbocycles. The maximum absolute atomic E-state index is 12.1. The molecule has 1 heterocycles. The van der Waals surface area contributed by atoms with Crippen LogP contribution in [0.4, 0.5) is 0 Å². The second-order valence-electron chi connectivity index (χ2n) is 8.00. The number of hydrogen-bond donors (Lipinski definition) is 2. The summed E-state index contributed by atoms with van der Waals surface area (Å²) in [5.41, 5.74) is 8.12. The van der Waals surface area contributed by atoms with E-state index in [4.69, 9.17) is 17.3 Å². The molecule has 3 rings (SSSR count). The number of carbonyl (C=O) groups excluding carboxylic acids is 1. The Kier molecular flexibility index (Phi) is 7.58. The predicted molar refractivity (Wildman–Crippen MR) is 130 cm³/mol. The van der Waals surface area contributed by atoms with Gasteiger partial charge in [-0.3, -0.25) is 9.59 Å². The van der Waals surface area contributed by atoms with Crippen molar-refractivity contribution in [2.24, 2.45) is 10.9 Å². The summed E-state index contributed by atoms with van der Waals surface area (Å²) in [6.45, 7) is 1.60. The van der Waals surface area contributed by atoms with Gasteiger partial charge in [-0.25, -0.2) is 8.42 Å². The fraction of sp³-hybridized carbons (Fsp3) is 0.208. The summed E-state index contributed by atoms with van der Waals surface area (Å²) in [4.78, 5) is 23.6. The Morgan fingerprint density at radius 2 is 1.82 bits per heavy atom. The molecular formula is C24H24ClN3O5S. The van der Waals surface area contributed by atoms with Gasteiger partial charge < -0.3 is 15.5 Å². The van der Waals surface area contributed by atoms with Gasteiger partial charge in [-0.15, -0.1) is 0 Å². The topological polar surface area (TPSA) is 132 Å². The minimum atomic E-state index is -3.36. The number of benzene rings is 2. The van der Waals surface area contributed by atoms with E-state index in [1.165, 1.54) is 30.5 Å². The van der Waals surface area contributed by atoms with E-state index in [-0.39, 0.29) is 29.5 Å². The second-order valence-corrected chi connectivity index (χ2v) is 10.4. The van der Waals surface area contributed by atoms with E-state index in [1.807, 2.05) is 19.1 Å². The highest BCUT2D eigenvalue weighted by atomic mass is 35.5. The Morgan fingerprint density at radius 1 is 1.15 bits per heavy atom. The first-order valence-electron chi connectivity index (χ1n) is 10.3. The molecule has 3 aromatic rings. The molecule has 178 valence electrons. The summed E-state index contributed by atoms with van der Waals surface area (Å²) in [6, 6.07) is 14.7. The van der Waals surface area contributed by atoms with E-state index >= 15 is 0 Å². The number of sulfone groups is 1. The second kappa shape index (κ2) is 10.2. The fourth-order valence-corrected chi connectivity index (χ4v) is 4.65. The number of pyridine rings is 1.